The molecule has 214 valence electrons. The van der Waals surface area contributed by atoms with Crippen LogP contribution in [-0.4, -0.2) is 56.5 Å². The van der Waals surface area contributed by atoms with Crippen molar-refractivity contribution in [1.82, 2.24) is 24.3 Å². The van der Waals surface area contributed by atoms with Crippen LogP contribution in [0.2, 0.25) is 0 Å². The molecule has 1 N–H and O–H groups in total. The van der Waals surface area contributed by atoms with Crippen LogP contribution in [0.15, 0.2) is 77.7 Å². The van der Waals surface area contributed by atoms with Gasteiger partial charge in [-0.1, -0.05) is 38.1 Å². The number of carbonyl (C=O) groups excluding carboxylic acids is 1. The number of nitriles is 1. The number of hydrogen-bond donors (Lipinski definition) is 1. The van der Waals surface area contributed by atoms with E-state index in [0.717, 1.165) is 21.6 Å². The first-order valence-corrected chi connectivity index (χ1v) is 15.0. The smallest absolute Gasteiger partial charge is 0.321 e. The minimum atomic E-state index is -0.132. The Morgan fingerprint density at radius 2 is 1.81 bits per heavy atom. The van der Waals surface area contributed by atoms with E-state index in [0.29, 0.717) is 44.0 Å². The van der Waals surface area contributed by atoms with E-state index in [1.807, 2.05) is 44.3 Å². The minimum absolute atomic E-state index is 0.0410. The average Bonchev–Trinajstić information content (AvgIpc) is 3.37. The molecule has 1 atom stereocenters. The second kappa shape index (κ2) is 13.1. The summed E-state index contributed by atoms with van der Waals surface area (Å²) in [5, 5.41) is 12.0. The first kappa shape index (κ1) is 29.2. The fourth-order valence-corrected chi connectivity index (χ4v) is 5.87. The lowest BCUT2D eigenvalue weighted by molar-refractivity contribution is 0.125. The van der Waals surface area contributed by atoms with E-state index in [-0.39, 0.29) is 12.1 Å². The maximum atomic E-state index is 13.0. The van der Waals surface area contributed by atoms with Crippen molar-refractivity contribution in [3.63, 3.8) is 0 Å². The molecule has 6 rings (SSSR count). The molecule has 0 saturated carbocycles. The summed E-state index contributed by atoms with van der Waals surface area (Å²) in [6.45, 7) is 9.36. The van der Waals surface area contributed by atoms with Crippen molar-refractivity contribution in [1.29, 1.82) is 5.26 Å². The molecular weight excluding hydrogens is 590 g/mol. The Labute approximate surface area is 255 Å². The average molecular weight is 625 g/mol. The van der Waals surface area contributed by atoms with Gasteiger partial charge in [0.1, 0.15) is 5.82 Å². The monoisotopic (exact) mass is 623 g/mol. The quantitative estimate of drug-likeness (QED) is 0.272. The Bertz CT molecular complexity index is 1630. The van der Waals surface area contributed by atoms with Crippen LogP contribution in [0.4, 0.5) is 10.5 Å². The van der Waals surface area contributed by atoms with E-state index in [2.05, 4.69) is 78.2 Å². The lowest BCUT2D eigenvalue weighted by Gasteiger charge is -2.39. The molecule has 1 saturated heterocycles. The van der Waals surface area contributed by atoms with Gasteiger partial charge in [-0.2, -0.15) is 5.26 Å². The summed E-state index contributed by atoms with van der Waals surface area (Å²) in [4.78, 5) is 26.7. The van der Waals surface area contributed by atoms with Crippen molar-refractivity contribution in [2.45, 2.75) is 33.4 Å². The molecule has 2 aromatic carbocycles. The minimum Gasteiger partial charge on any atom is -0.331 e. The molecule has 4 aromatic rings. The Hall–Kier alpha value is -4.26. The van der Waals surface area contributed by atoms with Gasteiger partial charge in [-0.15, -0.1) is 0 Å². The first-order valence-electron chi connectivity index (χ1n) is 14.2. The van der Waals surface area contributed by atoms with Crippen molar-refractivity contribution in [3.8, 4) is 6.07 Å². The van der Waals surface area contributed by atoms with E-state index in [1.54, 1.807) is 24.3 Å². The van der Waals surface area contributed by atoms with E-state index < -0.39 is 0 Å². The zero-order chi connectivity index (χ0) is 29.6. The van der Waals surface area contributed by atoms with Crippen LogP contribution in [0.1, 0.15) is 53.7 Å². The number of pyridine rings is 1. The summed E-state index contributed by atoms with van der Waals surface area (Å²) in [7, 11) is 0. The second-order valence-corrected chi connectivity index (χ2v) is 10.9. The molecule has 1 aliphatic carbocycles. The van der Waals surface area contributed by atoms with Crippen LogP contribution in [0.3, 0.4) is 0 Å². The molecule has 1 fully saturated rings. The number of aryl methyl sites for hydroxylation is 1. The highest BCUT2D eigenvalue weighted by Gasteiger charge is 2.33. The molecule has 3 heterocycles. The maximum absolute atomic E-state index is 13.0. The van der Waals surface area contributed by atoms with Gasteiger partial charge in [-0.25, -0.2) is 9.78 Å². The number of aromatic nitrogens is 3. The third-order valence-electron chi connectivity index (χ3n) is 7.60. The number of allylic oxidation sites excluding steroid dienone is 1. The van der Waals surface area contributed by atoms with Crippen molar-refractivity contribution in [3.05, 3.63) is 111 Å². The maximum Gasteiger partial charge on any atom is 0.321 e. The molecule has 0 radical (unpaired) electrons. The molecule has 8 nitrogen and oxygen atoms in total. The van der Waals surface area contributed by atoms with Gasteiger partial charge in [0.05, 0.1) is 23.4 Å². The SMILES string of the molecule is CC.Cc1nccn1CC1=Cc2cc(Br)cnc2C(N2CCN(C(=O)Nc3ccc(C#N)cc3)CC2)c2ccccc21. The molecule has 9 heteroatoms. The number of carbonyl (C=O) groups is 1. The van der Waals surface area contributed by atoms with Crippen molar-refractivity contribution >= 4 is 39.3 Å². The van der Waals surface area contributed by atoms with Gasteiger partial charge in [0, 0.05) is 61.5 Å². The Morgan fingerprint density at radius 3 is 2.50 bits per heavy atom. The highest BCUT2D eigenvalue weighted by molar-refractivity contribution is 9.10. The number of nitrogens with one attached hydrogen (secondary N) is 1. The number of imidazole rings is 1. The summed E-state index contributed by atoms with van der Waals surface area (Å²) in [5.41, 5.74) is 6.98. The molecule has 1 aliphatic heterocycles. The van der Waals surface area contributed by atoms with Gasteiger partial charge >= 0.3 is 6.03 Å². The molecule has 2 aromatic heterocycles. The predicted octanol–water partition coefficient (Wildman–Crippen LogP) is 6.74. The fraction of sp³-hybridized carbons (Fsp3) is 0.273. The summed E-state index contributed by atoms with van der Waals surface area (Å²) in [6, 6.07) is 19.6. The topological polar surface area (TPSA) is 90.1 Å². The number of anilines is 1. The van der Waals surface area contributed by atoms with Gasteiger partial charge in [-0.3, -0.25) is 9.88 Å². The number of urea groups is 1. The van der Waals surface area contributed by atoms with E-state index >= 15 is 0 Å². The first-order chi connectivity index (χ1) is 20.5. The van der Waals surface area contributed by atoms with Crippen LogP contribution in [0.25, 0.3) is 11.6 Å². The third kappa shape index (κ3) is 6.15. The number of benzene rings is 2. The van der Waals surface area contributed by atoms with Crippen molar-refractivity contribution in [2.75, 3.05) is 31.5 Å². The van der Waals surface area contributed by atoms with Crippen LogP contribution in [0, 0.1) is 18.3 Å². The number of halogens is 1. The largest absolute Gasteiger partial charge is 0.331 e. The van der Waals surface area contributed by atoms with Gasteiger partial charge < -0.3 is 14.8 Å². The Morgan fingerprint density at radius 1 is 1.07 bits per heavy atom. The van der Waals surface area contributed by atoms with E-state index in [4.69, 9.17) is 10.2 Å². The molecular formula is C33H34BrN7O. The standard InChI is InChI=1S/C31H28BrN7O.C2H6/c1-21-34-10-11-39(21)20-24-16-23-17-25(32)19-35-29(23)30(28-5-3-2-4-27(24)28)37-12-14-38(15-13-37)31(40)36-26-8-6-22(18-33)7-9-26;1-2/h2-11,16-17,19,30H,12-15,20H2,1H3,(H,36,40);1-2H3. The summed E-state index contributed by atoms with van der Waals surface area (Å²) in [5.74, 6) is 0.974. The van der Waals surface area contributed by atoms with Crippen molar-refractivity contribution in [2.24, 2.45) is 0 Å². The fourth-order valence-electron chi connectivity index (χ4n) is 5.52. The Kier molecular flexibility index (Phi) is 9.15. The van der Waals surface area contributed by atoms with Crippen molar-refractivity contribution < 1.29 is 4.79 Å². The zero-order valence-electron chi connectivity index (χ0n) is 24.1. The predicted molar refractivity (Wildman–Crippen MR) is 170 cm³/mol. The number of nitrogens with zero attached hydrogens (tertiary/aromatic N) is 6. The molecule has 42 heavy (non-hydrogen) atoms. The van der Waals surface area contributed by atoms with Crippen LogP contribution in [-0.2, 0) is 6.54 Å². The summed E-state index contributed by atoms with van der Waals surface area (Å²) >= 11 is 3.63. The van der Waals surface area contributed by atoms with Crippen LogP contribution in [0.5, 0.6) is 0 Å². The highest BCUT2D eigenvalue weighted by atomic mass is 79.9. The number of piperazine rings is 1. The van der Waals surface area contributed by atoms with Gasteiger partial charge in [0.15, 0.2) is 0 Å². The number of amides is 2. The number of hydrogen-bond acceptors (Lipinski definition) is 5. The van der Waals surface area contributed by atoms with Gasteiger partial charge in [-0.05, 0) is 81.5 Å². The van der Waals surface area contributed by atoms with Gasteiger partial charge in [0.2, 0.25) is 0 Å². The van der Waals surface area contributed by atoms with E-state index in [9.17, 15) is 4.79 Å². The normalized spacial score (nSPS) is 16.1. The lowest BCUT2D eigenvalue weighted by Crippen LogP contribution is -2.51. The molecule has 2 amide bonds. The lowest BCUT2D eigenvalue weighted by atomic mass is 9.93. The zero-order valence-corrected chi connectivity index (χ0v) is 25.7. The van der Waals surface area contributed by atoms with E-state index in [1.165, 1.54) is 16.7 Å². The van der Waals surface area contributed by atoms with Crippen LogP contribution < -0.4 is 5.32 Å². The number of fused-ring (bicyclic) bond motifs is 2. The third-order valence-corrected chi connectivity index (χ3v) is 8.04. The Balaban J connectivity index is 0.00000173. The molecule has 2 aliphatic rings. The molecule has 0 spiro atoms. The number of rotatable bonds is 4. The molecule has 0 bridgehead atoms. The molecule has 1 unspecified atom stereocenters. The van der Waals surface area contributed by atoms with Gasteiger partial charge in [0.25, 0.3) is 0 Å². The summed E-state index contributed by atoms with van der Waals surface area (Å²) < 4.78 is 3.11. The second-order valence-electron chi connectivity index (χ2n) is 10.0. The van der Waals surface area contributed by atoms with Crippen LogP contribution >= 0.6 is 15.9 Å². The summed E-state index contributed by atoms with van der Waals surface area (Å²) in [6.07, 6.45) is 7.98. The highest BCUT2D eigenvalue weighted by Crippen LogP contribution is 2.40.